The van der Waals surface area contributed by atoms with Gasteiger partial charge in [0.2, 0.25) is 5.91 Å². The molecule has 0 atom stereocenters. The first-order valence-corrected chi connectivity index (χ1v) is 9.92. The second-order valence-electron chi connectivity index (χ2n) is 6.35. The molecule has 2 amide bonds. The zero-order valence-electron chi connectivity index (χ0n) is 15.6. The van der Waals surface area contributed by atoms with Gasteiger partial charge in [0, 0.05) is 47.9 Å². The molecule has 2 aromatic rings. The summed E-state index contributed by atoms with van der Waals surface area (Å²) in [5.41, 5.74) is 2.61. The molecule has 0 aliphatic rings. The molecule has 1 heterocycles. The molecule has 6 heteroatoms. The largest absolute Gasteiger partial charge is 0.369 e. The van der Waals surface area contributed by atoms with Crippen molar-refractivity contribution in [2.45, 2.75) is 39.7 Å². The lowest BCUT2D eigenvalue weighted by Gasteiger charge is -2.27. The minimum Gasteiger partial charge on any atom is -0.369 e. The molecule has 0 radical (unpaired) electrons. The number of carbonyl (C=O) groups excluding carboxylic acids is 2. The summed E-state index contributed by atoms with van der Waals surface area (Å²) in [5, 5.41) is 9.41. The Morgan fingerprint density at radius 2 is 1.88 bits per heavy atom. The number of amides is 2. The van der Waals surface area contributed by atoms with Crippen LogP contribution in [0.4, 0.5) is 11.4 Å². The number of hydrogen-bond donors (Lipinski definition) is 2. The predicted molar refractivity (Wildman–Crippen MR) is 109 cm³/mol. The fourth-order valence-electron chi connectivity index (χ4n) is 2.75. The molecule has 0 saturated carbocycles. The zero-order chi connectivity index (χ0) is 18.9. The summed E-state index contributed by atoms with van der Waals surface area (Å²) in [5.74, 6) is -0.133. The van der Waals surface area contributed by atoms with Gasteiger partial charge in [0.25, 0.3) is 5.91 Å². The molecule has 0 saturated heterocycles. The summed E-state index contributed by atoms with van der Waals surface area (Å²) in [6, 6.07) is 10.1. The van der Waals surface area contributed by atoms with Crippen molar-refractivity contribution < 1.29 is 9.59 Å². The highest BCUT2D eigenvalue weighted by molar-refractivity contribution is 7.08. The van der Waals surface area contributed by atoms with E-state index in [1.807, 2.05) is 35.0 Å². The topological polar surface area (TPSA) is 61.4 Å². The molecule has 0 spiro atoms. The number of thiophene rings is 1. The molecule has 0 bridgehead atoms. The average molecular weight is 374 g/mol. The number of rotatable bonds is 9. The van der Waals surface area contributed by atoms with Gasteiger partial charge in [0.15, 0.2) is 0 Å². The fraction of sp³-hybridized carbons (Fsp3) is 0.400. The molecule has 0 aliphatic carbocycles. The summed E-state index contributed by atoms with van der Waals surface area (Å²) < 4.78 is 0. The normalized spacial score (nSPS) is 10.6. The van der Waals surface area contributed by atoms with E-state index in [1.165, 1.54) is 11.3 Å². The number of anilines is 2. The van der Waals surface area contributed by atoms with Crippen molar-refractivity contribution in [2.75, 3.05) is 23.3 Å². The molecule has 1 aromatic carbocycles. The molecule has 0 aliphatic heterocycles. The highest BCUT2D eigenvalue weighted by Gasteiger charge is 2.09. The summed E-state index contributed by atoms with van der Waals surface area (Å²) in [7, 11) is 0. The highest BCUT2D eigenvalue weighted by Crippen LogP contribution is 2.20. The first kappa shape index (κ1) is 20.0. The molecule has 0 fully saturated rings. The van der Waals surface area contributed by atoms with Crippen LogP contribution >= 0.6 is 11.3 Å². The lowest BCUT2D eigenvalue weighted by Crippen LogP contribution is -2.30. The number of benzene rings is 1. The predicted octanol–water partition coefficient (Wildman–Crippen LogP) is 4.13. The molecular formula is C20H27N3O2S. The Morgan fingerprint density at radius 1 is 1.15 bits per heavy atom. The van der Waals surface area contributed by atoms with E-state index in [2.05, 4.69) is 36.3 Å². The van der Waals surface area contributed by atoms with Crippen molar-refractivity contribution in [3.63, 3.8) is 0 Å². The molecule has 2 rings (SSSR count). The van der Waals surface area contributed by atoms with Crippen LogP contribution in [0, 0.1) is 0 Å². The second kappa shape index (κ2) is 9.97. The molecule has 140 valence electrons. The summed E-state index contributed by atoms with van der Waals surface area (Å²) >= 11 is 1.49. The van der Waals surface area contributed by atoms with E-state index >= 15 is 0 Å². The van der Waals surface area contributed by atoms with Crippen LogP contribution in [-0.2, 0) is 4.79 Å². The quantitative estimate of drug-likeness (QED) is 0.650. The number of nitrogens with zero attached hydrogens (tertiary/aromatic N) is 1. The molecule has 2 N–H and O–H groups in total. The third kappa shape index (κ3) is 5.88. The van der Waals surface area contributed by atoms with E-state index in [0.29, 0.717) is 31.0 Å². The standard InChI is InChI=1S/C20H27N3O2S/c1-4-23(15(2)3)18-9-7-17(8-10-18)22-19(24)6-5-12-21-20(25)16-11-13-26-14-16/h7-11,13-15H,4-6,12H2,1-3H3,(H,21,25)(H,22,24). The maximum atomic E-state index is 12.0. The Morgan fingerprint density at radius 3 is 2.46 bits per heavy atom. The van der Waals surface area contributed by atoms with Crippen molar-refractivity contribution in [3.05, 3.63) is 46.7 Å². The third-order valence-corrected chi connectivity index (χ3v) is 4.78. The molecule has 0 unspecified atom stereocenters. The van der Waals surface area contributed by atoms with Crippen molar-refractivity contribution in [2.24, 2.45) is 0 Å². The Kier molecular flexibility index (Phi) is 7.66. The van der Waals surface area contributed by atoms with E-state index in [0.717, 1.165) is 17.9 Å². The molecule has 26 heavy (non-hydrogen) atoms. The van der Waals surface area contributed by atoms with Crippen molar-refractivity contribution >= 4 is 34.5 Å². The van der Waals surface area contributed by atoms with E-state index in [-0.39, 0.29) is 11.8 Å². The van der Waals surface area contributed by atoms with Gasteiger partial charge in [-0.25, -0.2) is 0 Å². The first-order valence-electron chi connectivity index (χ1n) is 8.98. The average Bonchev–Trinajstić information content (AvgIpc) is 3.15. The highest BCUT2D eigenvalue weighted by atomic mass is 32.1. The lowest BCUT2D eigenvalue weighted by molar-refractivity contribution is -0.116. The van der Waals surface area contributed by atoms with Gasteiger partial charge in [-0.05, 0) is 62.9 Å². The Bertz CT molecular complexity index is 696. The van der Waals surface area contributed by atoms with Crippen LogP contribution in [0.15, 0.2) is 41.1 Å². The molecule has 5 nitrogen and oxygen atoms in total. The van der Waals surface area contributed by atoms with Gasteiger partial charge in [-0.1, -0.05) is 0 Å². The Hall–Kier alpha value is -2.34. The monoisotopic (exact) mass is 373 g/mol. The van der Waals surface area contributed by atoms with Gasteiger partial charge < -0.3 is 15.5 Å². The van der Waals surface area contributed by atoms with Crippen LogP contribution in [0.25, 0.3) is 0 Å². The number of hydrogen-bond acceptors (Lipinski definition) is 4. The van der Waals surface area contributed by atoms with Crippen molar-refractivity contribution in [3.8, 4) is 0 Å². The van der Waals surface area contributed by atoms with Crippen molar-refractivity contribution in [1.82, 2.24) is 5.32 Å². The number of nitrogens with one attached hydrogen (secondary N) is 2. The first-order chi connectivity index (χ1) is 12.5. The smallest absolute Gasteiger partial charge is 0.252 e. The van der Waals surface area contributed by atoms with Crippen LogP contribution in [0.5, 0.6) is 0 Å². The Balaban J connectivity index is 1.73. The fourth-order valence-corrected chi connectivity index (χ4v) is 3.39. The summed E-state index contributed by atoms with van der Waals surface area (Å²) in [4.78, 5) is 26.1. The van der Waals surface area contributed by atoms with Crippen molar-refractivity contribution in [1.29, 1.82) is 0 Å². The van der Waals surface area contributed by atoms with Gasteiger partial charge in [0.1, 0.15) is 0 Å². The lowest BCUT2D eigenvalue weighted by atomic mass is 10.2. The maximum Gasteiger partial charge on any atom is 0.252 e. The van der Waals surface area contributed by atoms with Gasteiger partial charge in [-0.3, -0.25) is 9.59 Å². The van der Waals surface area contributed by atoms with E-state index in [4.69, 9.17) is 0 Å². The number of carbonyl (C=O) groups is 2. The van der Waals surface area contributed by atoms with Crippen LogP contribution in [0.2, 0.25) is 0 Å². The van der Waals surface area contributed by atoms with Gasteiger partial charge >= 0.3 is 0 Å². The summed E-state index contributed by atoms with van der Waals surface area (Å²) in [6.45, 7) is 7.89. The second-order valence-corrected chi connectivity index (χ2v) is 7.13. The van der Waals surface area contributed by atoms with Crippen LogP contribution in [0.3, 0.4) is 0 Å². The SMILES string of the molecule is CCN(c1ccc(NC(=O)CCCNC(=O)c2ccsc2)cc1)C(C)C. The van der Waals surface area contributed by atoms with E-state index < -0.39 is 0 Å². The van der Waals surface area contributed by atoms with E-state index in [9.17, 15) is 9.59 Å². The minimum absolute atomic E-state index is 0.0428. The molecule has 1 aromatic heterocycles. The Labute approximate surface area is 159 Å². The van der Waals surface area contributed by atoms with Crippen LogP contribution in [-0.4, -0.2) is 30.9 Å². The third-order valence-electron chi connectivity index (χ3n) is 4.10. The van der Waals surface area contributed by atoms with Crippen LogP contribution < -0.4 is 15.5 Å². The molecular weight excluding hydrogens is 346 g/mol. The maximum absolute atomic E-state index is 12.0. The summed E-state index contributed by atoms with van der Waals surface area (Å²) in [6.07, 6.45) is 0.982. The van der Waals surface area contributed by atoms with Gasteiger partial charge in [-0.15, -0.1) is 0 Å². The van der Waals surface area contributed by atoms with Gasteiger partial charge in [0.05, 0.1) is 0 Å². The zero-order valence-corrected chi connectivity index (χ0v) is 16.4. The van der Waals surface area contributed by atoms with E-state index in [1.54, 1.807) is 6.07 Å². The van der Waals surface area contributed by atoms with Gasteiger partial charge in [-0.2, -0.15) is 11.3 Å². The minimum atomic E-state index is -0.0899. The van der Waals surface area contributed by atoms with Crippen LogP contribution in [0.1, 0.15) is 44.0 Å².